The van der Waals surface area contributed by atoms with Crippen molar-refractivity contribution in [1.29, 1.82) is 0 Å². The maximum Gasteiger partial charge on any atom is 0.335 e. The van der Waals surface area contributed by atoms with Gasteiger partial charge in [0, 0.05) is 29.9 Å². The van der Waals surface area contributed by atoms with Gasteiger partial charge in [0.1, 0.15) is 0 Å². The molecule has 2 aromatic rings. The van der Waals surface area contributed by atoms with E-state index in [0.29, 0.717) is 5.56 Å². The molecule has 0 aliphatic carbocycles. The molecular weight excluding hydrogens is 216 g/mol. The number of hydrogen-bond acceptors (Lipinski definition) is 3. The average Bonchev–Trinajstić information content (AvgIpc) is 2.38. The summed E-state index contributed by atoms with van der Waals surface area (Å²) in [6.07, 6.45) is 4.44. The van der Waals surface area contributed by atoms with Gasteiger partial charge in [0.15, 0.2) is 0 Å². The number of benzene rings is 1. The third-order valence-corrected chi connectivity index (χ3v) is 2.98. The normalized spacial score (nSPS) is 13.6. The van der Waals surface area contributed by atoms with Gasteiger partial charge < -0.3 is 5.11 Å². The average molecular weight is 226 g/mol. The smallest absolute Gasteiger partial charge is 0.335 e. The highest BCUT2D eigenvalue weighted by Crippen LogP contribution is 2.23. The molecule has 0 saturated carbocycles. The van der Waals surface area contributed by atoms with Crippen LogP contribution in [-0.4, -0.2) is 28.8 Å². The van der Waals surface area contributed by atoms with Gasteiger partial charge >= 0.3 is 5.97 Å². The molecule has 0 atom stereocenters. The second kappa shape index (κ2) is 3.66. The third kappa shape index (κ3) is 1.58. The summed E-state index contributed by atoms with van der Waals surface area (Å²) in [5, 5.41) is 9.93. The van der Waals surface area contributed by atoms with Crippen LogP contribution in [0.4, 0.5) is 0 Å². The molecule has 0 saturated heterocycles. The minimum atomic E-state index is -0.908. The topological polar surface area (TPSA) is 62.5 Å². The zero-order chi connectivity index (χ0) is 11.8. The Morgan fingerprint density at radius 3 is 3.06 bits per heavy atom. The quantitative estimate of drug-likeness (QED) is 0.807. The van der Waals surface area contributed by atoms with Gasteiger partial charge in [-0.1, -0.05) is 0 Å². The van der Waals surface area contributed by atoms with E-state index in [1.165, 1.54) is 0 Å². The maximum absolute atomic E-state index is 11.0. The SMILES string of the molecule is O=C(O)c1ccc2ncc3c(c2c1)CCN=C3. The van der Waals surface area contributed by atoms with Gasteiger partial charge in [-0.25, -0.2) is 4.79 Å². The minimum absolute atomic E-state index is 0.301. The van der Waals surface area contributed by atoms with Crippen LogP contribution < -0.4 is 0 Å². The fraction of sp³-hybridized carbons (Fsp3) is 0.154. The first-order chi connectivity index (χ1) is 8.25. The molecule has 0 bridgehead atoms. The van der Waals surface area contributed by atoms with Crippen molar-refractivity contribution < 1.29 is 9.90 Å². The van der Waals surface area contributed by atoms with Gasteiger partial charge in [-0.2, -0.15) is 0 Å². The lowest BCUT2D eigenvalue weighted by Gasteiger charge is -2.12. The number of aromatic carboxylic acids is 1. The van der Waals surface area contributed by atoms with Crippen LogP contribution in [0, 0.1) is 0 Å². The molecule has 0 fully saturated rings. The van der Waals surface area contributed by atoms with Gasteiger partial charge in [-0.15, -0.1) is 0 Å². The summed E-state index contributed by atoms with van der Waals surface area (Å²) < 4.78 is 0. The first-order valence-corrected chi connectivity index (χ1v) is 5.40. The second-order valence-electron chi connectivity index (χ2n) is 4.01. The highest BCUT2D eigenvalue weighted by atomic mass is 16.4. The number of nitrogens with zero attached hydrogens (tertiary/aromatic N) is 2. The summed E-state index contributed by atoms with van der Waals surface area (Å²) in [6, 6.07) is 5.04. The van der Waals surface area contributed by atoms with E-state index < -0.39 is 5.97 Å². The first kappa shape index (κ1) is 9.96. The summed E-state index contributed by atoms with van der Waals surface area (Å²) in [4.78, 5) is 19.5. The molecule has 3 rings (SSSR count). The Hall–Kier alpha value is -2.23. The van der Waals surface area contributed by atoms with Crippen LogP contribution in [0.5, 0.6) is 0 Å². The van der Waals surface area contributed by atoms with Crippen LogP contribution in [-0.2, 0) is 6.42 Å². The van der Waals surface area contributed by atoms with Crippen LogP contribution in [0.15, 0.2) is 29.4 Å². The van der Waals surface area contributed by atoms with Gasteiger partial charge in [0.2, 0.25) is 0 Å². The largest absolute Gasteiger partial charge is 0.478 e. The van der Waals surface area contributed by atoms with Crippen LogP contribution in [0.1, 0.15) is 21.5 Å². The van der Waals surface area contributed by atoms with Crippen molar-refractivity contribution in [3.8, 4) is 0 Å². The van der Waals surface area contributed by atoms with Gasteiger partial charge in [0.05, 0.1) is 11.1 Å². The Morgan fingerprint density at radius 1 is 1.35 bits per heavy atom. The summed E-state index contributed by atoms with van der Waals surface area (Å²) in [7, 11) is 0. The number of aromatic nitrogens is 1. The van der Waals surface area contributed by atoms with E-state index in [4.69, 9.17) is 5.11 Å². The number of pyridine rings is 1. The number of carbonyl (C=O) groups is 1. The maximum atomic E-state index is 11.0. The first-order valence-electron chi connectivity index (χ1n) is 5.40. The Morgan fingerprint density at radius 2 is 2.24 bits per heavy atom. The van der Waals surface area contributed by atoms with E-state index in [1.807, 2.05) is 0 Å². The molecule has 17 heavy (non-hydrogen) atoms. The zero-order valence-electron chi connectivity index (χ0n) is 9.05. The molecule has 0 radical (unpaired) electrons. The van der Waals surface area contributed by atoms with E-state index in [1.54, 1.807) is 30.6 Å². The molecule has 4 nitrogen and oxygen atoms in total. The second-order valence-corrected chi connectivity index (χ2v) is 4.01. The van der Waals surface area contributed by atoms with Crippen molar-refractivity contribution >= 4 is 23.1 Å². The number of hydrogen-bond donors (Lipinski definition) is 1. The standard InChI is InChI=1S/C13H10N2O2/c16-13(17)8-1-2-12-11(5-8)10-3-4-14-6-9(10)7-15-12/h1-2,5-7H,3-4H2,(H,16,17). The fourth-order valence-corrected chi connectivity index (χ4v) is 2.13. The predicted molar refractivity (Wildman–Crippen MR) is 64.9 cm³/mol. The summed E-state index contributed by atoms with van der Waals surface area (Å²) in [5.74, 6) is -0.908. The lowest BCUT2D eigenvalue weighted by atomic mass is 9.98. The minimum Gasteiger partial charge on any atom is -0.478 e. The molecule has 1 aromatic heterocycles. The number of carboxylic acids is 1. The molecule has 1 aromatic carbocycles. The Labute approximate surface area is 97.6 Å². The van der Waals surface area contributed by atoms with E-state index >= 15 is 0 Å². The number of rotatable bonds is 1. The van der Waals surface area contributed by atoms with Crippen LogP contribution >= 0.6 is 0 Å². The molecular formula is C13H10N2O2. The number of fused-ring (bicyclic) bond motifs is 3. The van der Waals surface area contributed by atoms with Crippen LogP contribution in [0.2, 0.25) is 0 Å². The molecule has 2 heterocycles. The summed E-state index contributed by atoms with van der Waals surface area (Å²) in [5.41, 5.74) is 3.28. The molecule has 4 heteroatoms. The molecule has 0 spiro atoms. The Bertz CT molecular complexity index is 647. The Kier molecular flexibility index (Phi) is 2.14. The third-order valence-electron chi connectivity index (χ3n) is 2.98. The lowest BCUT2D eigenvalue weighted by molar-refractivity contribution is 0.0697. The van der Waals surface area contributed by atoms with Crippen molar-refractivity contribution in [2.75, 3.05) is 6.54 Å². The van der Waals surface area contributed by atoms with Crippen molar-refractivity contribution in [1.82, 2.24) is 4.98 Å². The zero-order valence-corrected chi connectivity index (χ0v) is 9.05. The van der Waals surface area contributed by atoms with Gasteiger partial charge in [-0.05, 0) is 30.2 Å². The van der Waals surface area contributed by atoms with Crippen molar-refractivity contribution in [2.24, 2.45) is 4.99 Å². The van der Waals surface area contributed by atoms with E-state index in [0.717, 1.165) is 35.0 Å². The predicted octanol–water partition coefficient (Wildman–Crippen LogP) is 1.91. The van der Waals surface area contributed by atoms with E-state index in [-0.39, 0.29) is 0 Å². The number of aliphatic imine (C=N–C) groups is 1. The van der Waals surface area contributed by atoms with E-state index in [9.17, 15) is 4.79 Å². The highest BCUT2D eigenvalue weighted by Gasteiger charge is 2.12. The van der Waals surface area contributed by atoms with Crippen molar-refractivity contribution in [3.63, 3.8) is 0 Å². The molecule has 1 aliphatic heterocycles. The molecule has 84 valence electrons. The molecule has 0 unspecified atom stereocenters. The Balaban J connectivity index is 2.32. The molecule has 0 amide bonds. The number of carboxylic acid groups (broad SMARTS) is 1. The summed E-state index contributed by atoms with van der Waals surface area (Å²) >= 11 is 0. The lowest BCUT2D eigenvalue weighted by Crippen LogP contribution is -2.05. The van der Waals surface area contributed by atoms with E-state index in [2.05, 4.69) is 9.98 Å². The van der Waals surface area contributed by atoms with Crippen molar-refractivity contribution in [2.45, 2.75) is 6.42 Å². The highest BCUT2D eigenvalue weighted by molar-refractivity contribution is 5.97. The van der Waals surface area contributed by atoms with Crippen LogP contribution in [0.3, 0.4) is 0 Å². The molecule has 1 N–H and O–H groups in total. The monoisotopic (exact) mass is 226 g/mol. The van der Waals surface area contributed by atoms with Crippen molar-refractivity contribution in [3.05, 3.63) is 41.1 Å². The van der Waals surface area contributed by atoms with Gasteiger partial charge in [0.25, 0.3) is 0 Å². The fourth-order valence-electron chi connectivity index (χ4n) is 2.13. The summed E-state index contributed by atoms with van der Waals surface area (Å²) in [6.45, 7) is 0.753. The molecule has 1 aliphatic rings. The van der Waals surface area contributed by atoms with Gasteiger partial charge in [-0.3, -0.25) is 9.98 Å². The van der Waals surface area contributed by atoms with Crippen LogP contribution in [0.25, 0.3) is 10.9 Å².